The van der Waals surface area contributed by atoms with Crippen molar-refractivity contribution in [2.24, 2.45) is 0 Å². The summed E-state index contributed by atoms with van der Waals surface area (Å²) >= 11 is 5.80. The average Bonchev–Trinajstić information content (AvgIpc) is 3.25. The van der Waals surface area contributed by atoms with Gasteiger partial charge in [-0.3, -0.25) is 4.79 Å². The van der Waals surface area contributed by atoms with Crippen LogP contribution in [-0.4, -0.2) is 47.1 Å². The summed E-state index contributed by atoms with van der Waals surface area (Å²) in [5.74, 6) is 0.544. The van der Waals surface area contributed by atoms with Crippen molar-refractivity contribution in [3.63, 3.8) is 0 Å². The molecule has 0 bridgehead atoms. The van der Waals surface area contributed by atoms with Gasteiger partial charge in [-0.05, 0) is 42.5 Å². The van der Waals surface area contributed by atoms with Crippen molar-refractivity contribution >= 4 is 23.2 Å². The van der Waals surface area contributed by atoms with Crippen LogP contribution in [0.1, 0.15) is 23.2 Å². The first-order chi connectivity index (χ1) is 14.0. The number of carbonyl (C=O) groups excluding carboxylic acids is 1. The van der Waals surface area contributed by atoms with Gasteiger partial charge in [0.2, 0.25) is 11.7 Å². The molecule has 29 heavy (non-hydrogen) atoms. The number of anilines is 1. The first-order valence-corrected chi connectivity index (χ1v) is 9.85. The fraction of sp³-hybridized carbons (Fsp3) is 0.286. The smallest absolute Gasteiger partial charge is 0.254 e. The van der Waals surface area contributed by atoms with Crippen molar-refractivity contribution < 1.29 is 13.7 Å². The minimum atomic E-state index is -0.525. The van der Waals surface area contributed by atoms with Gasteiger partial charge in [0.15, 0.2) is 0 Å². The molecule has 1 fully saturated rings. The topological polar surface area (TPSA) is 62.5 Å². The Labute approximate surface area is 172 Å². The van der Waals surface area contributed by atoms with Crippen molar-refractivity contribution in [1.29, 1.82) is 0 Å². The number of aromatic nitrogens is 2. The standard InChI is InChI=1S/C21H20ClFN4O2/c1-2-19-24-20(25-29-19)14-3-6-16(7-4-14)26-9-11-27(12-10-26)21(28)15-5-8-18(23)17(22)13-15/h3-8,13H,2,9-12H2,1H3. The number of rotatable bonds is 4. The molecule has 150 valence electrons. The predicted molar refractivity (Wildman–Crippen MR) is 109 cm³/mol. The quantitative estimate of drug-likeness (QED) is 0.644. The van der Waals surface area contributed by atoms with Crippen LogP contribution in [-0.2, 0) is 6.42 Å². The van der Waals surface area contributed by atoms with Crippen LogP contribution in [0.5, 0.6) is 0 Å². The molecular weight excluding hydrogens is 395 g/mol. The SMILES string of the molecule is CCc1nc(-c2ccc(N3CCN(C(=O)c4ccc(F)c(Cl)c4)CC3)cc2)no1. The summed E-state index contributed by atoms with van der Waals surface area (Å²) in [6, 6.07) is 12.1. The summed E-state index contributed by atoms with van der Waals surface area (Å²) in [7, 11) is 0. The van der Waals surface area contributed by atoms with Crippen molar-refractivity contribution in [1.82, 2.24) is 15.0 Å². The van der Waals surface area contributed by atoms with E-state index in [1.807, 2.05) is 31.2 Å². The van der Waals surface area contributed by atoms with Gasteiger partial charge in [0, 0.05) is 49.4 Å². The molecule has 0 radical (unpaired) electrons. The maximum atomic E-state index is 13.3. The van der Waals surface area contributed by atoms with Crippen LogP contribution in [0, 0.1) is 5.82 Å². The summed E-state index contributed by atoms with van der Waals surface area (Å²) in [5.41, 5.74) is 2.38. The molecule has 2 aromatic carbocycles. The van der Waals surface area contributed by atoms with Crippen LogP contribution in [0.4, 0.5) is 10.1 Å². The van der Waals surface area contributed by atoms with Gasteiger partial charge in [-0.1, -0.05) is 23.7 Å². The number of piperazine rings is 1. The number of aryl methyl sites for hydroxylation is 1. The van der Waals surface area contributed by atoms with E-state index in [0.29, 0.717) is 49.9 Å². The van der Waals surface area contributed by atoms with Crippen LogP contribution in [0.2, 0.25) is 5.02 Å². The zero-order valence-corrected chi connectivity index (χ0v) is 16.7. The Morgan fingerprint density at radius 2 is 1.86 bits per heavy atom. The highest BCUT2D eigenvalue weighted by Gasteiger charge is 2.23. The summed E-state index contributed by atoms with van der Waals surface area (Å²) in [6.07, 6.45) is 0.707. The molecule has 1 aliphatic heterocycles. The third-order valence-electron chi connectivity index (χ3n) is 4.99. The molecule has 0 spiro atoms. The maximum Gasteiger partial charge on any atom is 0.254 e. The Kier molecular flexibility index (Phi) is 5.49. The van der Waals surface area contributed by atoms with Gasteiger partial charge in [-0.25, -0.2) is 4.39 Å². The van der Waals surface area contributed by atoms with E-state index >= 15 is 0 Å². The predicted octanol–water partition coefficient (Wildman–Crippen LogP) is 4.05. The minimum absolute atomic E-state index is 0.0396. The van der Waals surface area contributed by atoms with E-state index in [9.17, 15) is 9.18 Å². The van der Waals surface area contributed by atoms with Crippen LogP contribution in [0.15, 0.2) is 47.0 Å². The molecule has 0 atom stereocenters. The Morgan fingerprint density at radius 3 is 2.48 bits per heavy atom. The summed E-state index contributed by atoms with van der Waals surface area (Å²) < 4.78 is 18.5. The number of carbonyl (C=O) groups is 1. The lowest BCUT2D eigenvalue weighted by atomic mass is 10.1. The van der Waals surface area contributed by atoms with Gasteiger partial charge >= 0.3 is 0 Å². The molecule has 4 rings (SSSR count). The Morgan fingerprint density at radius 1 is 1.14 bits per heavy atom. The van der Waals surface area contributed by atoms with Gasteiger partial charge in [-0.15, -0.1) is 0 Å². The molecule has 3 aromatic rings. The van der Waals surface area contributed by atoms with Crippen LogP contribution in [0.3, 0.4) is 0 Å². The second kappa shape index (κ2) is 8.21. The molecule has 1 aromatic heterocycles. The molecule has 1 aliphatic rings. The number of nitrogens with zero attached hydrogens (tertiary/aromatic N) is 4. The van der Waals surface area contributed by atoms with Crippen LogP contribution in [0.25, 0.3) is 11.4 Å². The molecule has 1 saturated heterocycles. The van der Waals surface area contributed by atoms with E-state index in [2.05, 4.69) is 15.0 Å². The van der Waals surface area contributed by atoms with Gasteiger partial charge in [0.25, 0.3) is 5.91 Å². The number of halogens is 2. The minimum Gasteiger partial charge on any atom is -0.368 e. The summed E-state index contributed by atoms with van der Waals surface area (Å²) in [5, 5.41) is 3.95. The number of hydrogen-bond acceptors (Lipinski definition) is 5. The zero-order valence-electron chi connectivity index (χ0n) is 15.9. The number of amides is 1. The second-order valence-corrected chi connectivity index (χ2v) is 7.23. The third-order valence-corrected chi connectivity index (χ3v) is 5.28. The van der Waals surface area contributed by atoms with Gasteiger partial charge in [0.1, 0.15) is 5.82 Å². The highest BCUT2D eigenvalue weighted by molar-refractivity contribution is 6.31. The third kappa shape index (κ3) is 4.10. The molecule has 2 heterocycles. The average molecular weight is 415 g/mol. The molecule has 0 unspecified atom stereocenters. The van der Waals surface area contributed by atoms with E-state index in [0.717, 1.165) is 11.3 Å². The van der Waals surface area contributed by atoms with E-state index in [4.69, 9.17) is 16.1 Å². The van der Waals surface area contributed by atoms with Crippen molar-refractivity contribution in [2.45, 2.75) is 13.3 Å². The fourth-order valence-electron chi connectivity index (χ4n) is 3.32. The highest BCUT2D eigenvalue weighted by Crippen LogP contribution is 2.23. The lowest BCUT2D eigenvalue weighted by Gasteiger charge is -2.36. The Balaban J connectivity index is 1.39. The maximum absolute atomic E-state index is 13.3. The van der Waals surface area contributed by atoms with Crippen LogP contribution >= 0.6 is 11.6 Å². The molecule has 1 amide bonds. The number of hydrogen-bond donors (Lipinski definition) is 0. The van der Waals surface area contributed by atoms with E-state index < -0.39 is 5.82 Å². The van der Waals surface area contributed by atoms with Gasteiger partial charge in [-0.2, -0.15) is 4.98 Å². The van der Waals surface area contributed by atoms with Gasteiger partial charge < -0.3 is 14.3 Å². The largest absolute Gasteiger partial charge is 0.368 e. The van der Waals surface area contributed by atoms with Crippen LogP contribution < -0.4 is 4.90 Å². The second-order valence-electron chi connectivity index (χ2n) is 6.82. The Hall–Kier alpha value is -2.93. The molecule has 0 N–H and O–H groups in total. The monoisotopic (exact) mass is 414 g/mol. The van der Waals surface area contributed by atoms with Gasteiger partial charge in [0.05, 0.1) is 5.02 Å². The summed E-state index contributed by atoms with van der Waals surface area (Å²) in [4.78, 5) is 21.0. The molecule has 6 nitrogen and oxygen atoms in total. The lowest BCUT2D eigenvalue weighted by Crippen LogP contribution is -2.48. The van der Waals surface area contributed by atoms with Crippen molar-refractivity contribution in [3.8, 4) is 11.4 Å². The Bertz CT molecular complexity index is 1010. The summed E-state index contributed by atoms with van der Waals surface area (Å²) in [6.45, 7) is 4.56. The number of benzene rings is 2. The molecule has 0 saturated carbocycles. The lowest BCUT2D eigenvalue weighted by molar-refractivity contribution is 0.0746. The molecular formula is C21H20ClFN4O2. The highest BCUT2D eigenvalue weighted by atomic mass is 35.5. The van der Waals surface area contributed by atoms with Crippen molar-refractivity contribution in [2.75, 3.05) is 31.1 Å². The first-order valence-electron chi connectivity index (χ1n) is 9.47. The normalized spacial score (nSPS) is 14.3. The molecule has 0 aliphatic carbocycles. The van der Waals surface area contributed by atoms with E-state index in [1.165, 1.54) is 18.2 Å². The fourth-order valence-corrected chi connectivity index (χ4v) is 3.50. The molecule has 8 heteroatoms. The van der Waals surface area contributed by atoms with E-state index in [1.54, 1.807) is 4.90 Å². The van der Waals surface area contributed by atoms with E-state index in [-0.39, 0.29) is 10.9 Å². The first kappa shape index (κ1) is 19.4. The zero-order chi connectivity index (χ0) is 20.4. The van der Waals surface area contributed by atoms with Crippen molar-refractivity contribution in [3.05, 3.63) is 64.8 Å².